The number of nitrogens with zero attached hydrogens (tertiary/aromatic N) is 4. The van der Waals surface area contributed by atoms with Gasteiger partial charge in [0.25, 0.3) is 11.2 Å². The van der Waals surface area contributed by atoms with Gasteiger partial charge in [0.15, 0.2) is 0 Å². The van der Waals surface area contributed by atoms with Crippen LogP contribution in [0.25, 0.3) is 27.7 Å². The van der Waals surface area contributed by atoms with Gasteiger partial charge in [0.2, 0.25) is 0 Å². The fraction of sp³-hybridized carbons (Fsp3) is 0. The third kappa shape index (κ3) is 3.40. The van der Waals surface area contributed by atoms with Gasteiger partial charge in [-0.3, -0.25) is 25.0 Å². The Morgan fingerprint density at radius 2 is 1.48 bits per heavy atom. The highest BCUT2D eigenvalue weighted by atomic mass is 16.6. The van der Waals surface area contributed by atoms with Crippen molar-refractivity contribution in [2.75, 3.05) is 0 Å². The van der Waals surface area contributed by atoms with Crippen molar-refractivity contribution in [3.05, 3.63) is 91.2 Å². The summed E-state index contributed by atoms with van der Waals surface area (Å²) in [6.45, 7) is 0. The monoisotopic (exact) mass is 420 g/mol. The van der Waals surface area contributed by atoms with Crippen LogP contribution in [0.5, 0.6) is 11.5 Å². The fourth-order valence-corrected chi connectivity index (χ4v) is 3.18. The SMILES string of the molecule is O=c1c2cc(O)ccc2c(-c2ccc(O)cc2)nn1-c1ccc([N+](=O)[O-])cc1[N+](=O)[O-]. The molecule has 0 aliphatic carbocycles. The summed E-state index contributed by atoms with van der Waals surface area (Å²) in [4.78, 5) is 34.1. The minimum atomic E-state index is -0.844. The molecule has 1 aromatic heterocycles. The molecule has 0 bridgehead atoms. The molecule has 154 valence electrons. The Bertz CT molecular complexity index is 1430. The molecule has 0 amide bonds. The summed E-state index contributed by atoms with van der Waals surface area (Å²) in [6, 6.07) is 12.8. The second kappa shape index (κ2) is 7.22. The van der Waals surface area contributed by atoms with E-state index in [0.717, 1.165) is 22.9 Å². The minimum Gasteiger partial charge on any atom is -0.508 e. The Hall–Kier alpha value is -4.80. The van der Waals surface area contributed by atoms with Crippen molar-refractivity contribution in [3.8, 4) is 28.4 Å². The van der Waals surface area contributed by atoms with Gasteiger partial charge in [0.05, 0.1) is 27.0 Å². The first-order valence-electron chi connectivity index (χ1n) is 8.75. The van der Waals surface area contributed by atoms with Crippen LogP contribution in [-0.4, -0.2) is 29.8 Å². The smallest absolute Gasteiger partial charge is 0.301 e. The highest BCUT2D eigenvalue weighted by Crippen LogP contribution is 2.31. The Morgan fingerprint density at radius 1 is 0.806 bits per heavy atom. The summed E-state index contributed by atoms with van der Waals surface area (Å²) in [5.41, 5.74) is -1.48. The lowest BCUT2D eigenvalue weighted by Gasteiger charge is -2.12. The van der Waals surface area contributed by atoms with Crippen molar-refractivity contribution < 1.29 is 20.1 Å². The van der Waals surface area contributed by atoms with E-state index in [0.29, 0.717) is 10.9 Å². The molecule has 11 nitrogen and oxygen atoms in total. The van der Waals surface area contributed by atoms with Gasteiger partial charge in [-0.15, -0.1) is 0 Å². The normalized spacial score (nSPS) is 10.8. The highest BCUT2D eigenvalue weighted by molar-refractivity contribution is 5.94. The molecule has 0 unspecified atom stereocenters. The van der Waals surface area contributed by atoms with Gasteiger partial charge in [-0.2, -0.15) is 9.78 Å². The predicted octanol–water partition coefficient (Wildman–Crippen LogP) is 3.28. The number of rotatable bonds is 4. The second-order valence-electron chi connectivity index (χ2n) is 6.53. The maximum Gasteiger partial charge on any atom is 0.301 e. The summed E-state index contributed by atoms with van der Waals surface area (Å²) in [6.07, 6.45) is 0. The molecule has 31 heavy (non-hydrogen) atoms. The molecule has 0 spiro atoms. The van der Waals surface area contributed by atoms with Crippen LogP contribution in [0.3, 0.4) is 0 Å². The number of phenolic OH excluding ortho intramolecular Hbond substituents is 2. The molecular weight excluding hydrogens is 408 g/mol. The molecule has 1 heterocycles. The van der Waals surface area contributed by atoms with E-state index < -0.39 is 26.8 Å². The molecule has 0 saturated heterocycles. The topological polar surface area (TPSA) is 162 Å². The number of aromatic hydroxyl groups is 2. The molecule has 0 radical (unpaired) electrons. The van der Waals surface area contributed by atoms with Crippen LogP contribution >= 0.6 is 0 Å². The van der Waals surface area contributed by atoms with Crippen LogP contribution in [0.1, 0.15) is 0 Å². The van der Waals surface area contributed by atoms with Crippen molar-refractivity contribution >= 4 is 22.1 Å². The molecule has 2 N–H and O–H groups in total. The van der Waals surface area contributed by atoms with Crippen molar-refractivity contribution in [1.29, 1.82) is 0 Å². The Kier molecular flexibility index (Phi) is 4.55. The van der Waals surface area contributed by atoms with Crippen molar-refractivity contribution in [3.63, 3.8) is 0 Å². The van der Waals surface area contributed by atoms with Gasteiger partial charge in [-0.1, -0.05) is 0 Å². The number of aromatic nitrogens is 2. The van der Waals surface area contributed by atoms with Crippen LogP contribution in [0.4, 0.5) is 11.4 Å². The molecule has 3 aromatic carbocycles. The molecule has 11 heteroatoms. The Morgan fingerprint density at radius 3 is 2.13 bits per heavy atom. The average Bonchev–Trinajstić information content (AvgIpc) is 2.74. The van der Waals surface area contributed by atoms with Crippen LogP contribution in [0.2, 0.25) is 0 Å². The largest absolute Gasteiger partial charge is 0.508 e. The number of nitro groups is 2. The summed E-state index contributed by atoms with van der Waals surface area (Å²) in [7, 11) is 0. The summed E-state index contributed by atoms with van der Waals surface area (Å²) in [5.74, 6) is -0.192. The van der Waals surface area contributed by atoms with Gasteiger partial charge in [0.1, 0.15) is 17.2 Å². The second-order valence-corrected chi connectivity index (χ2v) is 6.53. The molecule has 0 aliphatic rings. The van der Waals surface area contributed by atoms with E-state index in [1.165, 1.54) is 30.3 Å². The first-order chi connectivity index (χ1) is 14.8. The van der Waals surface area contributed by atoms with E-state index in [4.69, 9.17) is 0 Å². The zero-order valence-electron chi connectivity index (χ0n) is 15.5. The van der Waals surface area contributed by atoms with Crippen LogP contribution in [0, 0.1) is 20.2 Å². The number of fused-ring (bicyclic) bond motifs is 1. The molecule has 0 aliphatic heterocycles. The minimum absolute atomic E-state index is 0.00466. The van der Waals surface area contributed by atoms with E-state index in [1.54, 1.807) is 12.1 Å². The summed E-state index contributed by atoms with van der Waals surface area (Å²) < 4.78 is 0.770. The van der Waals surface area contributed by atoms with E-state index in [2.05, 4.69) is 5.10 Å². The van der Waals surface area contributed by atoms with Crippen LogP contribution in [-0.2, 0) is 0 Å². The quantitative estimate of drug-likeness (QED) is 0.375. The van der Waals surface area contributed by atoms with E-state index in [9.17, 15) is 35.2 Å². The van der Waals surface area contributed by atoms with Crippen molar-refractivity contribution in [1.82, 2.24) is 9.78 Å². The number of hydrogen-bond donors (Lipinski definition) is 2. The van der Waals surface area contributed by atoms with Gasteiger partial charge in [-0.25, -0.2) is 0 Å². The van der Waals surface area contributed by atoms with Crippen molar-refractivity contribution in [2.45, 2.75) is 0 Å². The zero-order chi connectivity index (χ0) is 22.3. The third-order valence-corrected chi connectivity index (χ3v) is 4.62. The van der Waals surface area contributed by atoms with Gasteiger partial charge in [0, 0.05) is 17.0 Å². The number of non-ortho nitro benzene ring substituents is 1. The van der Waals surface area contributed by atoms with Crippen LogP contribution < -0.4 is 5.56 Å². The standard InChI is InChI=1S/C20H12N4O7/c25-13-4-1-11(2-5-13)19-15-7-6-14(26)10-16(15)20(27)22(21-19)17-8-3-12(23(28)29)9-18(17)24(30)31/h1-10,25-26H. The van der Waals surface area contributed by atoms with Crippen molar-refractivity contribution in [2.24, 2.45) is 0 Å². The Balaban J connectivity index is 2.09. The molecule has 4 rings (SSSR count). The lowest BCUT2D eigenvalue weighted by atomic mass is 10.0. The first-order valence-corrected chi connectivity index (χ1v) is 8.75. The number of hydrogen-bond acceptors (Lipinski definition) is 8. The summed E-state index contributed by atoms with van der Waals surface area (Å²) >= 11 is 0. The number of phenols is 2. The highest BCUT2D eigenvalue weighted by Gasteiger charge is 2.24. The lowest BCUT2D eigenvalue weighted by Crippen LogP contribution is -2.23. The average molecular weight is 420 g/mol. The number of nitro benzene ring substituents is 2. The molecule has 4 aromatic rings. The van der Waals surface area contributed by atoms with Gasteiger partial charge >= 0.3 is 5.69 Å². The fourth-order valence-electron chi connectivity index (χ4n) is 3.18. The molecule has 0 saturated carbocycles. The molecular formula is C20H12N4O7. The summed E-state index contributed by atoms with van der Waals surface area (Å²) in [5, 5.41) is 46.7. The zero-order valence-corrected chi connectivity index (χ0v) is 15.5. The van der Waals surface area contributed by atoms with Crippen LogP contribution in [0.15, 0.2) is 65.5 Å². The van der Waals surface area contributed by atoms with E-state index >= 15 is 0 Å². The molecule has 0 fully saturated rings. The molecule has 0 atom stereocenters. The maximum atomic E-state index is 13.1. The maximum absolute atomic E-state index is 13.1. The predicted molar refractivity (Wildman–Crippen MR) is 109 cm³/mol. The first kappa shape index (κ1) is 19.5. The van der Waals surface area contributed by atoms with E-state index in [-0.39, 0.29) is 28.3 Å². The van der Waals surface area contributed by atoms with Gasteiger partial charge in [-0.05, 0) is 48.5 Å². The number of benzene rings is 3. The lowest BCUT2D eigenvalue weighted by molar-refractivity contribution is -0.394. The Labute approximate surface area is 172 Å². The third-order valence-electron chi connectivity index (χ3n) is 4.62. The van der Waals surface area contributed by atoms with E-state index in [1.807, 2.05) is 0 Å². The van der Waals surface area contributed by atoms with Gasteiger partial charge < -0.3 is 10.2 Å².